The van der Waals surface area contributed by atoms with Gasteiger partial charge in [-0.25, -0.2) is 4.98 Å². The van der Waals surface area contributed by atoms with E-state index in [1.54, 1.807) is 14.1 Å². The molecular weight excluding hydrogens is 491 g/mol. The first-order valence-corrected chi connectivity index (χ1v) is 9.89. The third-order valence-corrected chi connectivity index (χ3v) is 4.67. The topological polar surface area (TPSA) is 94.2 Å². The fourth-order valence-electron chi connectivity index (χ4n) is 3.14. The molecule has 0 aliphatic carbocycles. The maximum Gasteiger partial charge on any atom is 0.251 e. The molecule has 30 heavy (non-hydrogen) atoms. The number of hydrogen-bond donors (Lipinski definition) is 4. The highest BCUT2D eigenvalue weighted by atomic mass is 127. The van der Waals surface area contributed by atoms with Crippen molar-refractivity contribution < 1.29 is 4.79 Å². The van der Waals surface area contributed by atoms with Crippen molar-refractivity contribution in [2.24, 2.45) is 4.99 Å². The molecule has 7 nitrogen and oxygen atoms in total. The number of hydrogen-bond acceptors (Lipinski definition) is 3. The summed E-state index contributed by atoms with van der Waals surface area (Å²) in [6.07, 6.45) is 2.64. The minimum atomic E-state index is -0.0678. The molecule has 0 spiro atoms. The highest BCUT2D eigenvalue weighted by molar-refractivity contribution is 14.0. The molecule has 0 fully saturated rings. The summed E-state index contributed by atoms with van der Waals surface area (Å²) in [7, 11) is 3.40. The number of imidazole rings is 1. The van der Waals surface area contributed by atoms with E-state index in [9.17, 15) is 4.79 Å². The molecule has 0 saturated carbocycles. The van der Waals surface area contributed by atoms with E-state index in [4.69, 9.17) is 0 Å². The highest BCUT2D eigenvalue weighted by Crippen LogP contribution is 2.11. The van der Waals surface area contributed by atoms with Gasteiger partial charge in [-0.3, -0.25) is 9.79 Å². The van der Waals surface area contributed by atoms with E-state index in [-0.39, 0.29) is 29.9 Å². The van der Waals surface area contributed by atoms with Gasteiger partial charge in [0.25, 0.3) is 5.91 Å². The Morgan fingerprint density at radius 2 is 1.87 bits per heavy atom. The number of guanidine groups is 1. The molecule has 0 saturated heterocycles. The van der Waals surface area contributed by atoms with Gasteiger partial charge in [0, 0.05) is 39.2 Å². The largest absolute Gasteiger partial charge is 0.356 e. The summed E-state index contributed by atoms with van der Waals surface area (Å²) < 4.78 is 0. The van der Waals surface area contributed by atoms with Crippen LogP contribution in [0.25, 0.3) is 11.0 Å². The summed E-state index contributed by atoms with van der Waals surface area (Å²) in [4.78, 5) is 24.0. The summed E-state index contributed by atoms with van der Waals surface area (Å²) in [6, 6.07) is 15.7. The summed E-state index contributed by atoms with van der Waals surface area (Å²) in [6.45, 7) is 1.54. The summed E-state index contributed by atoms with van der Waals surface area (Å²) in [5.41, 5.74) is 3.87. The monoisotopic (exact) mass is 520 g/mol. The van der Waals surface area contributed by atoms with E-state index in [2.05, 4.69) is 30.9 Å². The second kappa shape index (κ2) is 12.2. The Hall–Kier alpha value is -2.62. The molecule has 8 heteroatoms. The molecule has 1 aromatic heterocycles. The normalized spacial score (nSPS) is 11.1. The molecule has 160 valence electrons. The second-order valence-electron chi connectivity index (χ2n) is 6.76. The van der Waals surface area contributed by atoms with Crippen molar-refractivity contribution in [3.8, 4) is 0 Å². The number of aliphatic imine (C=N–C) groups is 1. The van der Waals surface area contributed by atoms with E-state index in [0.29, 0.717) is 5.56 Å². The van der Waals surface area contributed by atoms with E-state index in [0.717, 1.165) is 60.7 Å². The number of para-hydroxylation sites is 2. The molecule has 2 aromatic carbocycles. The third kappa shape index (κ3) is 6.72. The second-order valence-corrected chi connectivity index (χ2v) is 6.76. The van der Waals surface area contributed by atoms with Crippen LogP contribution in [0.4, 0.5) is 0 Å². The van der Waals surface area contributed by atoms with Crippen molar-refractivity contribution in [2.75, 3.05) is 27.2 Å². The van der Waals surface area contributed by atoms with Crippen LogP contribution in [-0.4, -0.2) is 49.0 Å². The van der Waals surface area contributed by atoms with E-state index in [1.807, 2.05) is 48.5 Å². The number of halogens is 1. The molecule has 4 N–H and O–H groups in total. The van der Waals surface area contributed by atoms with Gasteiger partial charge in [-0.1, -0.05) is 24.3 Å². The van der Waals surface area contributed by atoms with E-state index in [1.165, 1.54) is 0 Å². The fourth-order valence-corrected chi connectivity index (χ4v) is 3.14. The van der Waals surface area contributed by atoms with Gasteiger partial charge in [0.05, 0.1) is 11.0 Å². The minimum absolute atomic E-state index is 0. The number of aromatic nitrogens is 2. The van der Waals surface area contributed by atoms with Crippen molar-refractivity contribution in [3.05, 3.63) is 65.5 Å². The first-order chi connectivity index (χ1) is 14.2. The first-order valence-electron chi connectivity index (χ1n) is 9.89. The number of carbonyl (C=O) groups is 1. The number of aromatic amines is 1. The van der Waals surface area contributed by atoms with Gasteiger partial charge < -0.3 is 20.9 Å². The Balaban J connectivity index is 0.00000320. The predicted octanol–water partition coefficient (Wildman–Crippen LogP) is 2.88. The zero-order valence-electron chi connectivity index (χ0n) is 17.4. The van der Waals surface area contributed by atoms with Crippen LogP contribution in [0.3, 0.4) is 0 Å². The molecule has 0 radical (unpaired) electrons. The van der Waals surface area contributed by atoms with Crippen molar-refractivity contribution >= 4 is 46.9 Å². The zero-order chi connectivity index (χ0) is 20.5. The van der Waals surface area contributed by atoms with Gasteiger partial charge in [0.1, 0.15) is 5.82 Å². The predicted molar refractivity (Wildman–Crippen MR) is 133 cm³/mol. The first kappa shape index (κ1) is 23.7. The average molecular weight is 520 g/mol. The average Bonchev–Trinajstić information content (AvgIpc) is 3.18. The number of rotatable bonds is 8. The Kier molecular flexibility index (Phi) is 9.59. The molecule has 1 heterocycles. The number of nitrogens with zero attached hydrogens (tertiary/aromatic N) is 2. The summed E-state index contributed by atoms with van der Waals surface area (Å²) in [5.74, 6) is 1.71. The quantitative estimate of drug-likeness (QED) is 0.159. The van der Waals surface area contributed by atoms with Gasteiger partial charge >= 0.3 is 0 Å². The molecule has 0 aliphatic heterocycles. The zero-order valence-corrected chi connectivity index (χ0v) is 19.7. The van der Waals surface area contributed by atoms with Gasteiger partial charge in [0.15, 0.2) is 5.96 Å². The Labute approximate surface area is 194 Å². The van der Waals surface area contributed by atoms with Crippen LogP contribution in [-0.2, 0) is 12.8 Å². The smallest absolute Gasteiger partial charge is 0.251 e. The van der Waals surface area contributed by atoms with Crippen molar-refractivity contribution in [1.29, 1.82) is 0 Å². The standard InChI is InChI=1S/C22H28N6O.HI/c1-23-21(29)17-8-5-7-16(15-17)12-14-26-22(24-2)25-13-6-11-20-27-18-9-3-4-10-19(18)28-20;/h3-5,7-10,15H,6,11-14H2,1-2H3,(H,23,29)(H,27,28)(H2,24,25,26);1H. The maximum atomic E-state index is 11.7. The van der Waals surface area contributed by atoms with Crippen molar-refractivity contribution in [3.63, 3.8) is 0 Å². The lowest BCUT2D eigenvalue weighted by atomic mass is 10.1. The van der Waals surface area contributed by atoms with Crippen molar-refractivity contribution in [2.45, 2.75) is 19.3 Å². The van der Waals surface area contributed by atoms with Crippen LogP contribution >= 0.6 is 24.0 Å². The molecule has 0 atom stereocenters. The molecule has 0 bridgehead atoms. The van der Waals surface area contributed by atoms with E-state index >= 15 is 0 Å². The van der Waals surface area contributed by atoms with Gasteiger partial charge in [0.2, 0.25) is 0 Å². The molecule has 1 amide bonds. The van der Waals surface area contributed by atoms with E-state index < -0.39 is 0 Å². The lowest BCUT2D eigenvalue weighted by Gasteiger charge is -2.12. The van der Waals surface area contributed by atoms with Crippen LogP contribution in [0.15, 0.2) is 53.5 Å². The lowest BCUT2D eigenvalue weighted by Crippen LogP contribution is -2.38. The summed E-state index contributed by atoms with van der Waals surface area (Å²) >= 11 is 0. The van der Waals surface area contributed by atoms with Crippen molar-refractivity contribution in [1.82, 2.24) is 25.9 Å². The van der Waals surface area contributed by atoms with Gasteiger partial charge in [-0.05, 0) is 42.7 Å². The van der Waals surface area contributed by atoms with Gasteiger partial charge in [-0.15, -0.1) is 24.0 Å². The Bertz CT molecular complexity index is 951. The molecule has 3 rings (SSSR count). The Morgan fingerprint density at radius 1 is 1.07 bits per heavy atom. The number of fused-ring (bicyclic) bond motifs is 1. The van der Waals surface area contributed by atoms with Crippen LogP contribution in [0.5, 0.6) is 0 Å². The molecular formula is C22H29IN6O. The van der Waals surface area contributed by atoms with Gasteiger partial charge in [-0.2, -0.15) is 0 Å². The maximum absolute atomic E-state index is 11.7. The number of nitrogens with one attached hydrogen (secondary N) is 4. The number of aryl methyl sites for hydroxylation is 1. The van der Waals surface area contributed by atoms with Crippen LogP contribution in [0.2, 0.25) is 0 Å². The number of carbonyl (C=O) groups excluding carboxylic acids is 1. The number of H-pyrrole nitrogens is 1. The SMILES string of the molecule is CN=C(NCCCc1nc2ccccc2[nH]1)NCCc1cccc(C(=O)NC)c1.I. The van der Waals surface area contributed by atoms with Crippen LogP contribution in [0.1, 0.15) is 28.2 Å². The third-order valence-electron chi connectivity index (χ3n) is 4.67. The molecule has 0 aliphatic rings. The molecule has 3 aromatic rings. The summed E-state index contributed by atoms with van der Waals surface area (Å²) in [5, 5.41) is 9.30. The number of benzene rings is 2. The molecule has 0 unspecified atom stereocenters. The number of amides is 1. The minimum Gasteiger partial charge on any atom is -0.356 e. The Morgan fingerprint density at radius 3 is 2.63 bits per heavy atom. The highest BCUT2D eigenvalue weighted by Gasteiger charge is 2.05. The van der Waals surface area contributed by atoms with Crippen LogP contribution in [0, 0.1) is 0 Å². The van der Waals surface area contributed by atoms with Crippen LogP contribution < -0.4 is 16.0 Å². The fraction of sp³-hybridized carbons (Fsp3) is 0.318. The lowest BCUT2D eigenvalue weighted by molar-refractivity contribution is 0.0963.